The predicted octanol–water partition coefficient (Wildman–Crippen LogP) is 1.67. The Morgan fingerprint density at radius 2 is 2.46 bits per heavy atom. The summed E-state index contributed by atoms with van der Waals surface area (Å²) in [6.07, 6.45) is 5.23. The topological polar surface area (TPSA) is 63.8 Å². The Labute approximate surface area is 80.7 Å². The molecule has 66 valence electrons. The molecule has 0 atom stereocenters. The maximum Gasteiger partial charge on any atom is 0.192 e. The summed E-state index contributed by atoms with van der Waals surface area (Å²) in [6.45, 7) is 0. The van der Waals surface area contributed by atoms with Gasteiger partial charge in [0.15, 0.2) is 11.4 Å². The van der Waals surface area contributed by atoms with Gasteiger partial charge in [-0.15, -0.1) is 0 Å². The van der Waals surface area contributed by atoms with Gasteiger partial charge in [0.05, 0.1) is 0 Å². The standard InChI is InChI=1S/C8H8N4S/c1-13-8(10)12(6-9)7-4-2-3-5-11-7/h2-5,10H,1H3. The van der Waals surface area contributed by atoms with Crippen molar-refractivity contribution in [3.63, 3.8) is 0 Å². The van der Waals surface area contributed by atoms with Crippen LogP contribution in [0.4, 0.5) is 5.82 Å². The number of amidine groups is 1. The van der Waals surface area contributed by atoms with Crippen molar-refractivity contribution in [2.45, 2.75) is 0 Å². The van der Waals surface area contributed by atoms with E-state index in [9.17, 15) is 0 Å². The molecule has 0 aromatic carbocycles. The molecule has 0 aliphatic carbocycles. The summed E-state index contributed by atoms with van der Waals surface area (Å²) < 4.78 is 0. The fourth-order valence-electron chi connectivity index (χ4n) is 0.778. The summed E-state index contributed by atoms with van der Waals surface area (Å²) in [5.74, 6) is 0.476. The number of hydrogen-bond donors (Lipinski definition) is 1. The molecule has 1 aromatic rings. The second-order valence-electron chi connectivity index (χ2n) is 2.13. The lowest BCUT2D eigenvalue weighted by Gasteiger charge is -2.12. The van der Waals surface area contributed by atoms with Gasteiger partial charge in [-0.1, -0.05) is 17.8 Å². The lowest BCUT2D eigenvalue weighted by molar-refractivity contribution is 1.21. The van der Waals surface area contributed by atoms with Gasteiger partial charge in [0.2, 0.25) is 0 Å². The number of rotatable bonds is 1. The number of nitrogens with one attached hydrogen (secondary N) is 1. The molecule has 0 amide bonds. The van der Waals surface area contributed by atoms with Crippen LogP contribution in [0.2, 0.25) is 0 Å². The highest BCUT2D eigenvalue weighted by Crippen LogP contribution is 2.12. The molecule has 0 saturated carbocycles. The van der Waals surface area contributed by atoms with Crippen molar-refractivity contribution in [1.29, 1.82) is 10.7 Å². The molecule has 4 nitrogen and oxygen atoms in total. The van der Waals surface area contributed by atoms with E-state index in [2.05, 4.69) is 4.98 Å². The van der Waals surface area contributed by atoms with Gasteiger partial charge in [-0.2, -0.15) is 5.26 Å². The smallest absolute Gasteiger partial charge is 0.192 e. The number of pyridine rings is 1. The lowest BCUT2D eigenvalue weighted by atomic mass is 10.4. The fourth-order valence-corrected chi connectivity index (χ4v) is 1.09. The number of anilines is 1. The van der Waals surface area contributed by atoms with Crippen LogP contribution in [0.5, 0.6) is 0 Å². The second-order valence-corrected chi connectivity index (χ2v) is 2.93. The number of hydrogen-bond acceptors (Lipinski definition) is 4. The van der Waals surface area contributed by atoms with Crippen molar-refractivity contribution in [3.05, 3.63) is 24.4 Å². The van der Waals surface area contributed by atoms with Crippen molar-refractivity contribution < 1.29 is 0 Å². The Kier molecular flexibility index (Phi) is 3.29. The van der Waals surface area contributed by atoms with Crippen molar-refractivity contribution in [2.75, 3.05) is 11.2 Å². The van der Waals surface area contributed by atoms with Crippen LogP contribution >= 0.6 is 11.8 Å². The summed E-state index contributed by atoms with van der Waals surface area (Å²) >= 11 is 1.20. The first kappa shape index (κ1) is 9.55. The van der Waals surface area contributed by atoms with Gasteiger partial charge in [0.25, 0.3) is 0 Å². The maximum atomic E-state index is 8.76. The summed E-state index contributed by atoms with van der Waals surface area (Å²) in [5.41, 5.74) is 0. The molecule has 0 bridgehead atoms. The Bertz CT molecular complexity index is 330. The average molecular weight is 192 g/mol. The van der Waals surface area contributed by atoms with Gasteiger partial charge >= 0.3 is 0 Å². The van der Waals surface area contributed by atoms with Gasteiger partial charge in [-0.05, 0) is 18.4 Å². The zero-order valence-electron chi connectivity index (χ0n) is 7.06. The van der Waals surface area contributed by atoms with E-state index in [1.165, 1.54) is 16.7 Å². The molecular formula is C8H8N4S. The number of aromatic nitrogens is 1. The van der Waals surface area contributed by atoms with E-state index in [0.29, 0.717) is 5.82 Å². The molecule has 5 heteroatoms. The zero-order chi connectivity index (χ0) is 9.68. The van der Waals surface area contributed by atoms with Crippen LogP contribution in [-0.2, 0) is 0 Å². The first-order valence-corrected chi connectivity index (χ1v) is 4.75. The lowest BCUT2D eigenvalue weighted by Crippen LogP contribution is -2.22. The van der Waals surface area contributed by atoms with Crippen LogP contribution in [0.3, 0.4) is 0 Å². The van der Waals surface area contributed by atoms with E-state index in [-0.39, 0.29) is 5.17 Å². The zero-order valence-corrected chi connectivity index (χ0v) is 7.88. The second kappa shape index (κ2) is 4.48. The molecule has 1 heterocycles. The average Bonchev–Trinajstić information content (AvgIpc) is 2.20. The largest absolute Gasteiger partial charge is 0.278 e. The molecule has 0 saturated heterocycles. The van der Waals surface area contributed by atoms with E-state index in [4.69, 9.17) is 10.7 Å². The number of nitrogens with zero attached hydrogens (tertiary/aromatic N) is 3. The minimum absolute atomic E-state index is 0.168. The molecule has 13 heavy (non-hydrogen) atoms. The van der Waals surface area contributed by atoms with Gasteiger partial charge in [0, 0.05) is 6.20 Å². The van der Waals surface area contributed by atoms with Gasteiger partial charge in [-0.25, -0.2) is 9.88 Å². The monoisotopic (exact) mass is 192 g/mol. The van der Waals surface area contributed by atoms with Gasteiger partial charge in [-0.3, -0.25) is 5.41 Å². The summed E-state index contributed by atoms with van der Waals surface area (Å²) in [4.78, 5) is 5.14. The van der Waals surface area contributed by atoms with Crippen LogP contribution in [-0.4, -0.2) is 16.4 Å². The molecule has 1 N–H and O–H groups in total. The maximum absolute atomic E-state index is 8.76. The van der Waals surface area contributed by atoms with Crippen LogP contribution in [0.25, 0.3) is 0 Å². The first-order valence-electron chi connectivity index (χ1n) is 3.53. The van der Waals surface area contributed by atoms with Crippen molar-refractivity contribution in [3.8, 4) is 6.19 Å². The van der Waals surface area contributed by atoms with Gasteiger partial charge in [0.1, 0.15) is 5.82 Å². The summed E-state index contributed by atoms with van der Waals surface area (Å²) in [6, 6.07) is 5.23. The minimum atomic E-state index is 0.168. The Hall–Kier alpha value is -1.54. The highest BCUT2D eigenvalue weighted by molar-refractivity contribution is 8.13. The molecule has 0 spiro atoms. The quantitative estimate of drug-likeness (QED) is 0.318. The van der Waals surface area contributed by atoms with E-state index in [1.54, 1.807) is 30.7 Å². The summed E-state index contributed by atoms with van der Waals surface area (Å²) in [5, 5.41) is 16.4. The predicted molar refractivity (Wildman–Crippen MR) is 53.6 cm³/mol. The molecule has 1 rings (SSSR count). The van der Waals surface area contributed by atoms with Crippen LogP contribution in [0.1, 0.15) is 0 Å². The van der Waals surface area contributed by atoms with Crippen LogP contribution in [0.15, 0.2) is 24.4 Å². The SMILES string of the molecule is CSC(=N)N(C#N)c1ccccn1. The normalized spacial score (nSPS) is 8.92. The van der Waals surface area contributed by atoms with E-state index in [1.807, 2.05) is 6.19 Å². The third-order valence-electron chi connectivity index (χ3n) is 1.37. The Morgan fingerprint density at radius 3 is 2.92 bits per heavy atom. The molecule has 0 fully saturated rings. The minimum Gasteiger partial charge on any atom is -0.278 e. The molecule has 0 unspecified atom stereocenters. The highest BCUT2D eigenvalue weighted by atomic mass is 32.2. The van der Waals surface area contributed by atoms with Crippen LogP contribution < -0.4 is 4.90 Å². The van der Waals surface area contributed by atoms with Crippen molar-refractivity contribution >= 4 is 22.7 Å². The molecule has 0 aliphatic heterocycles. The van der Waals surface area contributed by atoms with Crippen molar-refractivity contribution in [1.82, 2.24) is 4.98 Å². The molecule has 1 aromatic heterocycles. The van der Waals surface area contributed by atoms with Crippen molar-refractivity contribution in [2.24, 2.45) is 0 Å². The highest BCUT2D eigenvalue weighted by Gasteiger charge is 2.10. The third-order valence-corrected chi connectivity index (χ3v) is 1.94. The van der Waals surface area contributed by atoms with Gasteiger partial charge < -0.3 is 0 Å². The molecule has 0 radical (unpaired) electrons. The number of thioether (sulfide) groups is 1. The van der Waals surface area contributed by atoms with E-state index in [0.717, 1.165) is 0 Å². The van der Waals surface area contributed by atoms with Crippen LogP contribution in [0, 0.1) is 16.9 Å². The first-order chi connectivity index (χ1) is 6.29. The van der Waals surface area contributed by atoms with E-state index < -0.39 is 0 Å². The van der Waals surface area contributed by atoms with E-state index >= 15 is 0 Å². The Balaban J connectivity index is 2.93. The number of nitriles is 1. The fraction of sp³-hybridized carbons (Fsp3) is 0.125. The molecule has 0 aliphatic rings. The third kappa shape index (κ3) is 2.20. The summed E-state index contributed by atoms with van der Waals surface area (Å²) in [7, 11) is 0. The molecular weight excluding hydrogens is 184 g/mol. The Morgan fingerprint density at radius 1 is 1.69 bits per heavy atom.